The Kier molecular flexibility index (Phi) is 7.39. The quantitative estimate of drug-likeness (QED) is 0.668. The number of methoxy groups -OCH3 is 1. The van der Waals surface area contributed by atoms with Gasteiger partial charge in [-0.1, -0.05) is 0 Å². The second-order valence-corrected chi connectivity index (χ2v) is 6.88. The number of hydrazone groups is 1. The van der Waals surface area contributed by atoms with Crippen molar-refractivity contribution in [2.45, 2.75) is 19.3 Å². The highest BCUT2D eigenvalue weighted by molar-refractivity contribution is 6.04. The Bertz CT molecular complexity index is 699. The monoisotopic (exact) mass is 388 g/mol. The number of nitrogens with zero attached hydrogens (tertiary/aromatic N) is 3. The molecule has 8 heteroatoms. The van der Waals surface area contributed by atoms with Crippen LogP contribution in [0.25, 0.3) is 0 Å². The van der Waals surface area contributed by atoms with Gasteiger partial charge in [0.05, 0.1) is 26.0 Å². The lowest BCUT2D eigenvalue weighted by Crippen LogP contribution is -2.41. The molecule has 1 aromatic carbocycles. The summed E-state index contributed by atoms with van der Waals surface area (Å²) in [7, 11) is 1.62. The van der Waals surface area contributed by atoms with Crippen molar-refractivity contribution >= 4 is 17.5 Å². The van der Waals surface area contributed by atoms with Crippen LogP contribution in [0.2, 0.25) is 0 Å². The molecule has 8 nitrogen and oxygen atoms in total. The van der Waals surface area contributed by atoms with Crippen molar-refractivity contribution in [1.82, 2.24) is 15.2 Å². The summed E-state index contributed by atoms with van der Waals surface area (Å²) in [5, 5.41) is 8.57. The van der Waals surface area contributed by atoms with Crippen molar-refractivity contribution in [2.24, 2.45) is 5.10 Å². The highest BCUT2D eigenvalue weighted by atomic mass is 16.5. The van der Waals surface area contributed by atoms with Gasteiger partial charge in [-0.05, 0) is 42.8 Å². The van der Waals surface area contributed by atoms with Gasteiger partial charge in [0.2, 0.25) is 11.8 Å². The Labute approximate surface area is 165 Å². The second kappa shape index (κ2) is 10.2. The van der Waals surface area contributed by atoms with Crippen LogP contribution in [-0.4, -0.2) is 80.5 Å². The molecule has 0 atom stereocenters. The maximum atomic E-state index is 12.2. The molecule has 152 valence electrons. The van der Waals surface area contributed by atoms with E-state index >= 15 is 0 Å². The maximum Gasteiger partial charge on any atom is 0.243 e. The summed E-state index contributed by atoms with van der Waals surface area (Å²) in [6.45, 7) is 4.92. The molecule has 0 aromatic heterocycles. The summed E-state index contributed by atoms with van der Waals surface area (Å²) in [6.07, 6.45) is 1.80. The van der Waals surface area contributed by atoms with Crippen LogP contribution in [0.15, 0.2) is 29.4 Å². The molecule has 1 fully saturated rings. The van der Waals surface area contributed by atoms with Gasteiger partial charge in [0, 0.05) is 32.5 Å². The topological polar surface area (TPSA) is 83.5 Å². The summed E-state index contributed by atoms with van der Waals surface area (Å²) >= 11 is 0. The molecule has 3 rings (SSSR count). The fourth-order valence-electron chi connectivity index (χ4n) is 3.26. The predicted molar refractivity (Wildman–Crippen MR) is 105 cm³/mol. The molecule has 28 heavy (non-hydrogen) atoms. The van der Waals surface area contributed by atoms with E-state index in [0.29, 0.717) is 19.4 Å². The Morgan fingerprint density at radius 2 is 1.96 bits per heavy atom. The average molecular weight is 388 g/mol. The lowest BCUT2D eigenvalue weighted by Gasteiger charge is -2.26. The third-order valence-corrected chi connectivity index (χ3v) is 4.90. The largest absolute Gasteiger partial charge is 0.497 e. The molecule has 1 aromatic rings. The molecular formula is C20H28N4O4. The number of carbonyl (C=O) groups is 2. The molecule has 2 amide bonds. The minimum atomic E-state index is -0.185. The zero-order valence-corrected chi connectivity index (χ0v) is 16.4. The molecule has 2 heterocycles. The summed E-state index contributed by atoms with van der Waals surface area (Å²) in [5.41, 5.74) is 1.74. The Morgan fingerprint density at radius 1 is 1.21 bits per heavy atom. The highest BCUT2D eigenvalue weighted by Gasteiger charge is 2.23. The van der Waals surface area contributed by atoms with E-state index < -0.39 is 0 Å². The first-order valence-electron chi connectivity index (χ1n) is 9.75. The molecule has 1 N–H and O–H groups in total. The van der Waals surface area contributed by atoms with E-state index in [4.69, 9.17) is 9.47 Å². The van der Waals surface area contributed by atoms with E-state index in [2.05, 4.69) is 15.3 Å². The normalized spacial score (nSPS) is 18.0. The van der Waals surface area contributed by atoms with E-state index in [0.717, 1.165) is 56.3 Å². The number of nitrogens with one attached hydrogen (secondary N) is 1. The van der Waals surface area contributed by atoms with Crippen molar-refractivity contribution in [3.05, 3.63) is 29.8 Å². The van der Waals surface area contributed by atoms with Gasteiger partial charge in [-0.2, -0.15) is 5.10 Å². The van der Waals surface area contributed by atoms with Gasteiger partial charge in [0.1, 0.15) is 12.3 Å². The first kappa shape index (κ1) is 20.3. The lowest BCUT2D eigenvalue weighted by molar-refractivity contribution is -0.136. The van der Waals surface area contributed by atoms with E-state index in [1.807, 2.05) is 24.3 Å². The number of amides is 2. The minimum absolute atomic E-state index is 0.0456. The smallest absolute Gasteiger partial charge is 0.243 e. The van der Waals surface area contributed by atoms with Gasteiger partial charge < -0.3 is 14.8 Å². The molecular weight excluding hydrogens is 360 g/mol. The molecule has 0 unspecified atom stereocenters. The van der Waals surface area contributed by atoms with Gasteiger partial charge in [-0.15, -0.1) is 0 Å². The number of hydrogen-bond acceptors (Lipinski definition) is 6. The Hall–Kier alpha value is -2.45. The number of morpholine rings is 1. The van der Waals surface area contributed by atoms with Gasteiger partial charge in [-0.3, -0.25) is 14.5 Å². The standard InChI is InChI=1S/C20H28N4O4/c1-27-17-5-3-16(4-6-17)18-7-8-20(26)24(22-18)15-19(25)21-9-2-10-23-11-13-28-14-12-23/h3-6H,2,7-15H2,1H3,(H,21,25). The van der Waals surface area contributed by atoms with Gasteiger partial charge >= 0.3 is 0 Å². The second-order valence-electron chi connectivity index (χ2n) is 6.88. The van der Waals surface area contributed by atoms with Crippen LogP contribution < -0.4 is 10.1 Å². The van der Waals surface area contributed by atoms with Gasteiger partial charge in [0.15, 0.2) is 0 Å². The molecule has 0 spiro atoms. The minimum Gasteiger partial charge on any atom is -0.497 e. The summed E-state index contributed by atoms with van der Waals surface area (Å²) in [5.74, 6) is 0.459. The Morgan fingerprint density at radius 3 is 2.68 bits per heavy atom. The molecule has 0 aliphatic carbocycles. The fourth-order valence-corrected chi connectivity index (χ4v) is 3.26. The molecule has 2 aliphatic rings. The van der Waals surface area contributed by atoms with Crippen molar-refractivity contribution in [3.63, 3.8) is 0 Å². The summed E-state index contributed by atoms with van der Waals surface area (Å²) in [6, 6.07) is 7.55. The van der Waals surface area contributed by atoms with Gasteiger partial charge in [0.25, 0.3) is 0 Å². The van der Waals surface area contributed by atoms with Crippen LogP contribution in [0, 0.1) is 0 Å². The summed E-state index contributed by atoms with van der Waals surface area (Å²) in [4.78, 5) is 26.7. The molecule has 0 radical (unpaired) electrons. The number of rotatable bonds is 8. The van der Waals surface area contributed by atoms with E-state index in [1.54, 1.807) is 7.11 Å². The van der Waals surface area contributed by atoms with E-state index in [-0.39, 0.29) is 18.4 Å². The van der Waals surface area contributed by atoms with Crippen LogP contribution in [0.5, 0.6) is 5.75 Å². The van der Waals surface area contributed by atoms with E-state index in [1.165, 1.54) is 5.01 Å². The molecule has 0 saturated carbocycles. The zero-order valence-electron chi connectivity index (χ0n) is 16.4. The lowest BCUT2D eigenvalue weighted by atomic mass is 10.0. The van der Waals surface area contributed by atoms with Crippen LogP contribution in [0.1, 0.15) is 24.8 Å². The van der Waals surface area contributed by atoms with Crippen LogP contribution in [0.3, 0.4) is 0 Å². The number of ether oxygens (including phenoxy) is 2. The molecule has 2 aliphatic heterocycles. The van der Waals surface area contributed by atoms with Crippen molar-refractivity contribution in [2.75, 3.05) is 53.0 Å². The van der Waals surface area contributed by atoms with Crippen molar-refractivity contribution in [3.8, 4) is 5.75 Å². The fraction of sp³-hybridized carbons (Fsp3) is 0.550. The van der Waals surface area contributed by atoms with Crippen LogP contribution in [-0.2, 0) is 14.3 Å². The number of hydrogen-bond donors (Lipinski definition) is 1. The average Bonchev–Trinajstić information content (AvgIpc) is 2.74. The van der Waals surface area contributed by atoms with Crippen LogP contribution in [0.4, 0.5) is 0 Å². The van der Waals surface area contributed by atoms with E-state index in [9.17, 15) is 9.59 Å². The van der Waals surface area contributed by atoms with Crippen molar-refractivity contribution < 1.29 is 19.1 Å². The first-order valence-corrected chi connectivity index (χ1v) is 9.75. The zero-order chi connectivity index (χ0) is 19.8. The number of benzene rings is 1. The van der Waals surface area contributed by atoms with Crippen LogP contribution >= 0.6 is 0 Å². The number of carbonyl (C=O) groups excluding carboxylic acids is 2. The third kappa shape index (κ3) is 5.77. The third-order valence-electron chi connectivity index (χ3n) is 4.90. The summed E-state index contributed by atoms with van der Waals surface area (Å²) < 4.78 is 10.5. The maximum absolute atomic E-state index is 12.2. The first-order chi connectivity index (χ1) is 13.7. The SMILES string of the molecule is COc1ccc(C2=NN(CC(=O)NCCCN3CCOCC3)C(=O)CC2)cc1. The van der Waals surface area contributed by atoms with Crippen molar-refractivity contribution in [1.29, 1.82) is 0 Å². The molecule has 0 bridgehead atoms. The molecule has 1 saturated heterocycles. The Balaban J connectivity index is 1.47. The van der Waals surface area contributed by atoms with Gasteiger partial charge in [-0.25, -0.2) is 5.01 Å². The predicted octanol–water partition coefficient (Wildman–Crippen LogP) is 0.860. The highest BCUT2D eigenvalue weighted by Crippen LogP contribution is 2.18.